The molecule has 0 heterocycles. The molecule has 8 heteroatoms. The number of aliphatic hydroxyl groups is 2. The second-order valence-corrected chi connectivity index (χ2v) is 8.29. The van der Waals surface area contributed by atoms with E-state index in [1.54, 1.807) is 0 Å². The molecule has 0 bridgehead atoms. The summed E-state index contributed by atoms with van der Waals surface area (Å²) in [6.07, 6.45) is -3.26. The fourth-order valence-electron chi connectivity index (χ4n) is 4.52. The van der Waals surface area contributed by atoms with Crippen molar-refractivity contribution in [2.45, 2.75) is 24.5 Å². The molecule has 3 aromatic carbocycles. The van der Waals surface area contributed by atoms with Crippen LogP contribution in [0.3, 0.4) is 0 Å². The minimum absolute atomic E-state index is 0.0176. The van der Waals surface area contributed by atoms with Gasteiger partial charge in [0.1, 0.15) is 24.0 Å². The van der Waals surface area contributed by atoms with Gasteiger partial charge in [-0.2, -0.15) is 0 Å². The number of para-hydroxylation sites is 1. The van der Waals surface area contributed by atoms with Crippen molar-refractivity contribution in [2.75, 3.05) is 20.3 Å². The molecule has 1 aliphatic rings. The summed E-state index contributed by atoms with van der Waals surface area (Å²) >= 11 is 0. The summed E-state index contributed by atoms with van der Waals surface area (Å²) in [6, 6.07) is 20.4. The van der Waals surface area contributed by atoms with Crippen LogP contribution in [0.25, 0.3) is 11.1 Å². The monoisotopic (exact) mass is 477 g/mol. The number of carboxylic acid groups (broad SMARTS) is 1. The average Bonchev–Trinajstić information content (AvgIpc) is 3.20. The van der Waals surface area contributed by atoms with Crippen molar-refractivity contribution < 1.29 is 34.4 Å². The number of fused-ring (bicyclic) bond motifs is 3. The zero-order chi connectivity index (χ0) is 24.9. The molecule has 35 heavy (non-hydrogen) atoms. The Kier molecular flexibility index (Phi) is 7.33. The molecule has 1 amide bonds. The molecule has 8 nitrogen and oxygen atoms in total. The molecule has 0 saturated heterocycles. The first kappa shape index (κ1) is 24.3. The first-order valence-electron chi connectivity index (χ1n) is 11.3. The molecular weight excluding hydrogens is 450 g/mol. The van der Waals surface area contributed by atoms with E-state index in [0.717, 1.165) is 22.3 Å². The highest BCUT2D eigenvalue weighted by atomic mass is 16.5. The van der Waals surface area contributed by atoms with E-state index in [0.29, 0.717) is 0 Å². The van der Waals surface area contributed by atoms with Gasteiger partial charge < -0.3 is 30.1 Å². The zero-order valence-corrected chi connectivity index (χ0v) is 19.2. The Bertz CT molecular complexity index is 1180. The molecule has 3 aromatic rings. The largest absolute Gasteiger partial charge is 0.495 e. The van der Waals surface area contributed by atoms with E-state index >= 15 is 0 Å². The zero-order valence-electron chi connectivity index (χ0n) is 19.2. The SMILES string of the molecule is COc1c(C(=O)O)cccc1C(O)C(O)CCNC(=O)OCC1c2ccccc2-c2ccccc21. The topological polar surface area (TPSA) is 125 Å². The third-order valence-electron chi connectivity index (χ3n) is 6.22. The summed E-state index contributed by atoms with van der Waals surface area (Å²) in [5, 5.41) is 32.8. The van der Waals surface area contributed by atoms with Crippen molar-refractivity contribution in [3.05, 3.63) is 89.0 Å². The van der Waals surface area contributed by atoms with Crippen LogP contribution in [0.1, 0.15) is 45.5 Å². The lowest BCUT2D eigenvalue weighted by Crippen LogP contribution is -2.30. The van der Waals surface area contributed by atoms with Crippen molar-refractivity contribution in [2.24, 2.45) is 0 Å². The highest BCUT2D eigenvalue weighted by Gasteiger charge is 2.29. The van der Waals surface area contributed by atoms with Gasteiger partial charge in [-0.05, 0) is 34.7 Å². The van der Waals surface area contributed by atoms with Crippen molar-refractivity contribution in [3.8, 4) is 16.9 Å². The number of amides is 1. The minimum atomic E-state index is -1.39. The van der Waals surface area contributed by atoms with Gasteiger partial charge in [0.2, 0.25) is 0 Å². The van der Waals surface area contributed by atoms with Gasteiger partial charge in [0.15, 0.2) is 0 Å². The summed E-state index contributed by atoms with van der Waals surface area (Å²) < 4.78 is 10.6. The molecule has 1 aliphatic carbocycles. The third-order valence-corrected chi connectivity index (χ3v) is 6.22. The molecule has 0 fully saturated rings. The maximum atomic E-state index is 12.3. The van der Waals surface area contributed by atoms with Gasteiger partial charge >= 0.3 is 12.1 Å². The van der Waals surface area contributed by atoms with Crippen LogP contribution in [0.5, 0.6) is 5.75 Å². The normalized spacial score (nSPS) is 13.9. The number of carbonyl (C=O) groups excluding carboxylic acids is 1. The van der Waals surface area contributed by atoms with E-state index in [1.807, 2.05) is 36.4 Å². The van der Waals surface area contributed by atoms with E-state index in [-0.39, 0.29) is 42.4 Å². The van der Waals surface area contributed by atoms with Gasteiger partial charge in [0.05, 0.1) is 13.2 Å². The number of aliphatic hydroxyl groups excluding tert-OH is 2. The van der Waals surface area contributed by atoms with Crippen LogP contribution >= 0.6 is 0 Å². The lowest BCUT2D eigenvalue weighted by molar-refractivity contribution is 0.0122. The molecule has 0 aromatic heterocycles. The summed E-state index contributed by atoms with van der Waals surface area (Å²) in [5.41, 5.74) is 4.53. The Morgan fingerprint density at radius 2 is 1.57 bits per heavy atom. The number of nitrogens with one attached hydrogen (secondary N) is 1. The number of ether oxygens (including phenoxy) is 2. The van der Waals surface area contributed by atoms with Gasteiger partial charge in [0.25, 0.3) is 0 Å². The number of hydrogen-bond donors (Lipinski definition) is 4. The maximum Gasteiger partial charge on any atom is 0.407 e. The lowest BCUT2D eigenvalue weighted by Gasteiger charge is -2.21. The quantitative estimate of drug-likeness (QED) is 0.370. The Hall–Kier alpha value is -3.88. The van der Waals surface area contributed by atoms with Crippen molar-refractivity contribution in [1.82, 2.24) is 5.32 Å². The molecule has 2 atom stereocenters. The van der Waals surface area contributed by atoms with E-state index in [2.05, 4.69) is 17.4 Å². The molecule has 4 N–H and O–H groups in total. The van der Waals surface area contributed by atoms with Crippen LogP contribution in [0, 0.1) is 0 Å². The second-order valence-electron chi connectivity index (χ2n) is 8.29. The smallest absolute Gasteiger partial charge is 0.407 e. The fraction of sp³-hybridized carbons (Fsp3) is 0.259. The second kappa shape index (κ2) is 10.6. The molecule has 2 unspecified atom stereocenters. The molecule has 182 valence electrons. The van der Waals surface area contributed by atoms with E-state index in [1.165, 1.54) is 25.3 Å². The van der Waals surface area contributed by atoms with Crippen molar-refractivity contribution >= 4 is 12.1 Å². The summed E-state index contributed by atoms with van der Waals surface area (Å²) in [7, 11) is 1.29. The standard InChI is InChI=1S/C27H27NO7/c1-34-25-20(11-6-12-21(25)26(31)32)24(30)23(29)13-14-28-27(33)35-15-22-18-9-4-2-7-16(18)17-8-3-5-10-19(17)22/h2-12,22-24,29-30H,13-15H2,1H3,(H,28,33)(H,31,32). The Balaban J connectivity index is 1.31. The molecule has 0 saturated carbocycles. The number of alkyl carbamates (subject to hydrolysis) is 1. The van der Waals surface area contributed by atoms with Crippen LogP contribution in [-0.2, 0) is 4.74 Å². The first-order chi connectivity index (χ1) is 16.9. The Morgan fingerprint density at radius 1 is 0.943 bits per heavy atom. The predicted octanol–water partition coefficient (Wildman–Crippen LogP) is 3.72. The predicted molar refractivity (Wildman–Crippen MR) is 129 cm³/mol. The Labute approximate surface area is 202 Å². The van der Waals surface area contributed by atoms with Crippen LogP contribution in [-0.4, -0.2) is 53.7 Å². The van der Waals surface area contributed by atoms with Crippen LogP contribution in [0.2, 0.25) is 0 Å². The number of carbonyl (C=O) groups is 2. The maximum absolute atomic E-state index is 12.3. The molecule has 0 radical (unpaired) electrons. The van der Waals surface area contributed by atoms with Crippen LogP contribution in [0.15, 0.2) is 66.7 Å². The minimum Gasteiger partial charge on any atom is -0.495 e. The van der Waals surface area contributed by atoms with Crippen molar-refractivity contribution in [3.63, 3.8) is 0 Å². The first-order valence-corrected chi connectivity index (χ1v) is 11.3. The van der Waals surface area contributed by atoms with E-state index in [4.69, 9.17) is 9.47 Å². The third kappa shape index (κ3) is 4.99. The molecule has 0 aliphatic heterocycles. The number of hydrogen-bond acceptors (Lipinski definition) is 6. The van der Waals surface area contributed by atoms with Crippen LogP contribution in [0.4, 0.5) is 4.79 Å². The number of rotatable bonds is 9. The number of aromatic carboxylic acids is 1. The van der Waals surface area contributed by atoms with Gasteiger partial charge in [-0.25, -0.2) is 9.59 Å². The highest BCUT2D eigenvalue weighted by Crippen LogP contribution is 2.44. The van der Waals surface area contributed by atoms with E-state index in [9.17, 15) is 24.9 Å². The van der Waals surface area contributed by atoms with Crippen LogP contribution < -0.4 is 10.1 Å². The fourth-order valence-corrected chi connectivity index (χ4v) is 4.52. The summed E-state index contributed by atoms with van der Waals surface area (Å²) in [6.45, 7) is 0.222. The highest BCUT2D eigenvalue weighted by molar-refractivity contribution is 5.91. The Morgan fingerprint density at radius 3 is 2.17 bits per heavy atom. The number of benzene rings is 3. The van der Waals surface area contributed by atoms with E-state index < -0.39 is 24.3 Å². The molecule has 0 spiro atoms. The molecule has 4 rings (SSSR count). The number of methoxy groups -OCH3 is 1. The average molecular weight is 478 g/mol. The van der Waals surface area contributed by atoms with Gasteiger partial charge in [-0.15, -0.1) is 0 Å². The molecular formula is C27H27NO7. The van der Waals surface area contributed by atoms with Gasteiger partial charge in [-0.1, -0.05) is 60.7 Å². The summed E-state index contributed by atoms with van der Waals surface area (Å²) in [5.74, 6) is -1.28. The van der Waals surface area contributed by atoms with Gasteiger partial charge in [-0.3, -0.25) is 0 Å². The number of carboxylic acids is 1. The summed E-state index contributed by atoms with van der Waals surface area (Å²) in [4.78, 5) is 23.7. The lowest BCUT2D eigenvalue weighted by atomic mass is 9.98. The van der Waals surface area contributed by atoms with Gasteiger partial charge in [0, 0.05) is 18.0 Å². The van der Waals surface area contributed by atoms with Crippen molar-refractivity contribution in [1.29, 1.82) is 0 Å².